The number of hydrogen-bond donors (Lipinski definition) is 2. The maximum absolute atomic E-state index is 6.03. The van der Waals surface area contributed by atoms with Crippen LogP contribution in [0.5, 0.6) is 11.5 Å². The topological polar surface area (TPSA) is 86.7 Å². The molecular weight excluding hydrogens is 457 g/mol. The Morgan fingerprint density at radius 1 is 1.15 bits per heavy atom. The van der Waals surface area contributed by atoms with Crippen molar-refractivity contribution < 1.29 is 9.47 Å². The maximum atomic E-state index is 6.03. The lowest BCUT2D eigenvalue weighted by Crippen LogP contribution is -2.22. The Hall–Kier alpha value is -2.75. The Bertz CT molecular complexity index is 897. The molecule has 1 heterocycles. The van der Waals surface area contributed by atoms with Crippen molar-refractivity contribution in [1.29, 1.82) is 0 Å². The third kappa shape index (κ3) is 5.13. The summed E-state index contributed by atoms with van der Waals surface area (Å²) in [5, 5.41) is 3.07. The molecule has 7 nitrogen and oxygen atoms in total. The molecule has 0 unspecified atom stereocenters. The van der Waals surface area contributed by atoms with Gasteiger partial charge in [0.25, 0.3) is 0 Å². The van der Waals surface area contributed by atoms with Crippen molar-refractivity contribution in [3.8, 4) is 17.2 Å². The fourth-order valence-corrected chi connectivity index (χ4v) is 2.57. The SMILES string of the molecule is COc1ccc(NC(N)=NCc2ccccc2-n2ccnc2)cc1OC.I. The molecule has 0 saturated heterocycles. The Morgan fingerprint density at radius 3 is 2.63 bits per heavy atom. The van der Waals surface area contributed by atoms with E-state index in [1.807, 2.05) is 47.2 Å². The zero-order valence-corrected chi connectivity index (χ0v) is 17.5. The average molecular weight is 479 g/mol. The number of aliphatic imine (C=N–C) groups is 1. The molecule has 0 fully saturated rings. The number of anilines is 1. The van der Waals surface area contributed by atoms with Crippen molar-refractivity contribution in [2.45, 2.75) is 6.54 Å². The van der Waals surface area contributed by atoms with Crippen molar-refractivity contribution in [1.82, 2.24) is 9.55 Å². The quantitative estimate of drug-likeness (QED) is 0.322. The highest BCUT2D eigenvalue weighted by molar-refractivity contribution is 14.0. The van der Waals surface area contributed by atoms with E-state index in [1.54, 1.807) is 32.8 Å². The molecule has 1 aromatic heterocycles. The second-order valence-electron chi connectivity index (χ2n) is 5.49. The first kappa shape index (κ1) is 20.6. The van der Waals surface area contributed by atoms with E-state index < -0.39 is 0 Å². The lowest BCUT2D eigenvalue weighted by Gasteiger charge is -2.11. The van der Waals surface area contributed by atoms with Crippen LogP contribution in [0.25, 0.3) is 5.69 Å². The number of nitrogens with one attached hydrogen (secondary N) is 1. The van der Waals surface area contributed by atoms with Gasteiger partial charge in [0.15, 0.2) is 17.5 Å². The Morgan fingerprint density at radius 2 is 1.93 bits per heavy atom. The van der Waals surface area contributed by atoms with Gasteiger partial charge in [-0.25, -0.2) is 9.98 Å². The van der Waals surface area contributed by atoms with E-state index in [-0.39, 0.29) is 24.0 Å². The summed E-state index contributed by atoms with van der Waals surface area (Å²) in [5.74, 6) is 1.59. The first-order valence-electron chi connectivity index (χ1n) is 8.06. The van der Waals surface area contributed by atoms with Gasteiger partial charge in [-0.05, 0) is 23.8 Å². The highest BCUT2D eigenvalue weighted by Crippen LogP contribution is 2.29. The van der Waals surface area contributed by atoms with Crippen LogP contribution in [0.2, 0.25) is 0 Å². The largest absolute Gasteiger partial charge is 0.493 e. The smallest absolute Gasteiger partial charge is 0.193 e. The third-order valence-electron chi connectivity index (χ3n) is 3.85. The molecule has 27 heavy (non-hydrogen) atoms. The predicted octanol–water partition coefficient (Wildman–Crippen LogP) is 3.43. The minimum Gasteiger partial charge on any atom is -0.493 e. The minimum absolute atomic E-state index is 0. The predicted molar refractivity (Wildman–Crippen MR) is 117 cm³/mol. The van der Waals surface area contributed by atoms with Gasteiger partial charge in [0.1, 0.15) is 0 Å². The first-order chi connectivity index (χ1) is 12.7. The van der Waals surface area contributed by atoms with Crippen molar-refractivity contribution >= 4 is 35.6 Å². The lowest BCUT2D eigenvalue weighted by molar-refractivity contribution is 0.355. The average Bonchev–Trinajstić information content (AvgIpc) is 3.21. The number of nitrogens with zero attached hydrogens (tertiary/aromatic N) is 3. The summed E-state index contributed by atoms with van der Waals surface area (Å²) in [5.41, 5.74) is 8.87. The van der Waals surface area contributed by atoms with E-state index >= 15 is 0 Å². The summed E-state index contributed by atoms with van der Waals surface area (Å²) >= 11 is 0. The van der Waals surface area contributed by atoms with Crippen molar-refractivity contribution in [3.05, 3.63) is 66.7 Å². The van der Waals surface area contributed by atoms with Crippen LogP contribution in [0, 0.1) is 0 Å². The zero-order chi connectivity index (χ0) is 18.4. The third-order valence-corrected chi connectivity index (χ3v) is 3.85. The highest BCUT2D eigenvalue weighted by atomic mass is 127. The Kier molecular flexibility index (Phi) is 7.47. The van der Waals surface area contributed by atoms with Gasteiger partial charge in [0.2, 0.25) is 0 Å². The molecule has 0 aliphatic carbocycles. The van der Waals surface area contributed by atoms with E-state index in [4.69, 9.17) is 15.2 Å². The van der Waals surface area contributed by atoms with Crippen molar-refractivity contribution in [2.75, 3.05) is 19.5 Å². The molecule has 0 atom stereocenters. The van der Waals surface area contributed by atoms with Crippen LogP contribution < -0.4 is 20.5 Å². The molecule has 0 aliphatic rings. The number of guanidine groups is 1. The van der Waals surface area contributed by atoms with Gasteiger partial charge in [-0.1, -0.05) is 18.2 Å². The van der Waals surface area contributed by atoms with E-state index in [0.717, 1.165) is 16.9 Å². The summed E-state index contributed by atoms with van der Waals surface area (Å²) in [6.45, 7) is 0.445. The number of hydrogen-bond acceptors (Lipinski definition) is 4. The summed E-state index contributed by atoms with van der Waals surface area (Å²) < 4.78 is 12.5. The lowest BCUT2D eigenvalue weighted by atomic mass is 10.2. The second kappa shape index (κ2) is 9.81. The number of benzene rings is 2. The summed E-state index contributed by atoms with van der Waals surface area (Å²) in [4.78, 5) is 8.52. The zero-order valence-electron chi connectivity index (χ0n) is 15.1. The highest BCUT2D eigenvalue weighted by Gasteiger charge is 2.06. The van der Waals surface area contributed by atoms with E-state index in [1.165, 1.54) is 0 Å². The molecule has 3 aromatic rings. The van der Waals surface area contributed by atoms with Crippen molar-refractivity contribution in [2.24, 2.45) is 10.7 Å². The Labute approximate surface area is 175 Å². The second-order valence-corrected chi connectivity index (χ2v) is 5.49. The molecule has 142 valence electrons. The van der Waals surface area contributed by atoms with Gasteiger partial charge >= 0.3 is 0 Å². The summed E-state index contributed by atoms with van der Waals surface area (Å²) in [7, 11) is 3.19. The molecular formula is C19H22IN5O2. The monoisotopic (exact) mass is 479 g/mol. The van der Waals surface area contributed by atoms with Gasteiger partial charge in [-0.15, -0.1) is 24.0 Å². The Balaban J connectivity index is 0.00000261. The van der Waals surface area contributed by atoms with E-state index in [0.29, 0.717) is 24.0 Å². The van der Waals surface area contributed by atoms with Gasteiger partial charge in [0, 0.05) is 24.1 Å². The molecule has 0 amide bonds. The van der Waals surface area contributed by atoms with Gasteiger partial charge < -0.3 is 25.1 Å². The molecule has 0 spiro atoms. The normalized spacial score (nSPS) is 10.8. The van der Waals surface area contributed by atoms with Crippen LogP contribution in [0.4, 0.5) is 5.69 Å². The standard InChI is InChI=1S/C19H21N5O2.HI/c1-25-17-8-7-15(11-18(17)26-2)23-19(20)22-12-14-5-3-4-6-16(14)24-10-9-21-13-24;/h3-11,13H,12H2,1-2H3,(H3,20,22,23);1H. The fourth-order valence-electron chi connectivity index (χ4n) is 2.57. The number of para-hydroxylation sites is 1. The molecule has 2 aromatic carbocycles. The number of rotatable bonds is 6. The van der Waals surface area contributed by atoms with Crippen LogP contribution in [0.1, 0.15) is 5.56 Å². The van der Waals surface area contributed by atoms with E-state index in [2.05, 4.69) is 15.3 Å². The molecule has 8 heteroatoms. The first-order valence-corrected chi connectivity index (χ1v) is 8.06. The van der Waals surface area contributed by atoms with Crippen LogP contribution in [0.15, 0.2) is 66.2 Å². The van der Waals surface area contributed by atoms with E-state index in [9.17, 15) is 0 Å². The van der Waals surface area contributed by atoms with Crippen LogP contribution in [-0.4, -0.2) is 29.7 Å². The molecule has 0 radical (unpaired) electrons. The number of methoxy groups -OCH3 is 2. The summed E-state index contributed by atoms with van der Waals surface area (Å²) in [6.07, 6.45) is 5.40. The van der Waals surface area contributed by atoms with Gasteiger partial charge in [-0.2, -0.15) is 0 Å². The van der Waals surface area contributed by atoms with Gasteiger partial charge in [0.05, 0.1) is 32.8 Å². The van der Waals surface area contributed by atoms with Crippen LogP contribution in [-0.2, 0) is 6.54 Å². The fraction of sp³-hybridized carbons (Fsp3) is 0.158. The maximum Gasteiger partial charge on any atom is 0.193 e. The number of aromatic nitrogens is 2. The van der Waals surface area contributed by atoms with Crippen molar-refractivity contribution in [3.63, 3.8) is 0 Å². The number of nitrogens with two attached hydrogens (primary N) is 1. The van der Waals surface area contributed by atoms with Crippen LogP contribution >= 0.6 is 24.0 Å². The molecule has 3 rings (SSSR count). The van der Waals surface area contributed by atoms with Gasteiger partial charge in [-0.3, -0.25) is 0 Å². The summed E-state index contributed by atoms with van der Waals surface area (Å²) in [6, 6.07) is 13.5. The minimum atomic E-state index is 0. The number of imidazole rings is 1. The molecule has 0 aliphatic heterocycles. The molecule has 0 bridgehead atoms. The number of halogens is 1. The number of ether oxygens (including phenoxy) is 2. The molecule has 0 saturated carbocycles. The van der Waals surface area contributed by atoms with Crippen LogP contribution in [0.3, 0.4) is 0 Å². The molecule has 3 N–H and O–H groups in total.